The normalized spacial score (nSPS) is 10.1. The van der Waals surface area contributed by atoms with Gasteiger partial charge in [-0.2, -0.15) is 0 Å². The highest BCUT2D eigenvalue weighted by Gasteiger charge is 2.05. The first-order valence-corrected chi connectivity index (χ1v) is 5.96. The molecule has 4 heteroatoms. The van der Waals surface area contributed by atoms with Crippen LogP contribution in [-0.4, -0.2) is 17.1 Å². The maximum Gasteiger partial charge on any atom is 0.217 e. The van der Waals surface area contributed by atoms with Gasteiger partial charge in [0.2, 0.25) is 5.88 Å². The Morgan fingerprint density at radius 2 is 2.00 bits per heavy atom. The van der Waals surface area contributed by atoms with E-state index < -0.39 is 0 Å². The topological polar surface area (TPSA) is 35.0 Å². The summed E-state index contributed by atoms with van der Waals surface area (Å²) in [4.78, 5) is 8.26. The smallest absolute Gasteiger partial charge is 0.217 e. The molecular weight excluding hydrogens is 268 g/mol. The molecule has 2 rings (SSSR count). The second kappa shape index (κ2) is 5.07. The molecule has 3 nitrogen and oxygen atoms in total. The summed E-state index contributed by atoms with van der Waals surface area (Å²) in [7, 11) is 1.63. The highest BCUT2D eigenvalue weighted by Crippen LogP contribution is 2.25. The zero-order chi connectivity index (χ0) is 11.4. The van der Waals surface area contributed by atoms with Crippen LogP contribution < -0.4 is 4.74 Å². The molecule has 0 spiro atoms. The largest absolute Gasteiger partial charge is 0.481 e. The van der Waals surface area contributed by atoms with Crippen LogP contribution >= 0.6 is 15.9 Å². The fourth-order valence-electron chi connectivity index (χ4n) is 1.48. The summed E-state index contributed by atoms with van der Waals surface area (Å²) in [6.07, 6.45) is 5.35. The van der Waals surface area contributed by atoms with Gasteiger partial charge >= 0.3 is 0 Å². The average molecular weight is 279 g/mol. The Kier molecular flexibility index (Phi) is 3.51. The Balaban J connectivity index is 2.44. The van der Waals surface area contributed by atoms with Crippen molar-refractivity contribution in [1.82, 2.24) is 9.97 Å². The van der Waals surface area contributed by atoms with Gasteiger partial charge in [-0.05, 0) is 23.8 Å². The molecule has 0 fully saturated rings. The van der Waals surface area contributed by atoms with Crippen LogP contribution in [-0.2, 0) is 5.33 Å². The van der Waals surface area contributed by atoms with Crippen molar-refractivity contribution in [3.63, 3.8) is 0 Å². The number of ether oxygens (including phenoxy) is 1. The summed E-state index contributed by atoms with van der Waals surface area (Å²) >= 11 is 3.42. The van der Waals surface area contributed by atoms with E-state index in [9.17, 15) is 0 Å². The average Bonchev–Trinajstić information content (AvgIpc) is 2.39. The van der Waals surface area contributed by atoms with E-state index in [1.54, 1.807) is 25.7 Å². The van der Waals surface area contributed by atoms with Crippen molar-refractivity contribution >= 4 is 15.9 Å². The summed E-state index contributed by atoms with van der Waals surface area (Å²) < 4.78 is 5.17. The molecule has 2 heterocycles. The van der Waals surface area contributed by atoms with Gasteiger partial charge in [-0.15, -0.1) is 0 Å². The van der Waals surface area contributed by atoms with Gasteiger partial charge in [0.15, 0.2) is 0 Å². The third-order valence-corrected chi connectivity index (χ3v) is 2.88. The van der Waals surface area contributed by atoms with Gasteiger partial charge in [0.05, 0.1) is 7.11 Å². The SMILES string of the molecule is COc1ncc(-c2ccncc2)cc1CBr. The maximum absolute atomic E-state index is 5.17. The highest BCUT2D eigenvalue weighted by molar-refractivity contribution is 9.08. The summed E-state index contributed by atoms with van der Waals surface area (Å²) in [6.45, 7) is 0. The molecule has 0 saturated heterocycles. The predicted molar refractivity (Wildman–Crippen MR) is 66.7 cm³/mol. The Hall–Kier alpha value is -1.42. The number of aromatic nitrogens is 2. The zero-order valence-electron chi connectivity index (χ0n) is 8.85. The van der Waals surface area contributed by atoms with E-state index in [0.717, 1.165) is 22.0 Å². The number of pyridine rings is 2. The van der Waals surface area contributed by atoms with Crippen molar-refractivity contribution in [3.05, 3.63) is 42.4 Å². The molecule has 0 bridgehead atoms. The minimum absolute atomic E-state index is 0.662. The minimum Gasteiger partial charge on any atom is -0.481 e. The molecule has 0 aromatic carbocycles. The predicted octanol–water partition coefficient (Wildman–Crippen LogP) is 3.05. The number of hydrogen-bond donors (Lipinski definition) is 0. The van der Waals surface area contributed by atoms with E-state index in [4.69, 9.17) is 4.74 Å². The quantitative estimate of drug-likeness (QED) is 0.810. The van der Waals surface area contributed by atoms with Crippen LogP contribution in [0.25, 0.3) is 11.1 Å². The molecule has 0 aliphatic carbocycles. The summed E-state index contributed by atoms with van der Waals surface area (Å²) in [5.74, 6) is 0.662. The van der Waals surface area contributed by atoms with Crippen molar-refractivity contribution < 1.29 is 4.74 Å². The first kappa shape index (κ1) is 11.1. The van der Waals surface area contributed by atoms with Crippen LogP contribution in [0.3, 0.4) is 0 Å². The summed E-state index contributed by atoms with van der Waals surface area (Å²) in [5, 5.41) is 0.724. The van der Waals surface area contributed by atoms with Gasteiger partial charge in [-0.25, -0.2) is 4.98 Å². The Morgan fingerprint density at radius 1 is 1.25 bits per heavy atom. The third-order valence-electron chi connectivity index (χ3n) is 2.28. The van der Waals surface area contributed by atoms with Gasteiger partial charge in [-0.1, -0.05) is 15.9 Å². The molecule has 82 valence electrons. The van der Waals surface area contributed by atoms with Crippen molar-refractivity contribution in [2.45, 2.75) is 5.33 Å². The van der Waals surface area contributed by atoms with Crippen LogP contribution in [0.1, 0.15) is 5.56 Å². The fourth-order valence-corrected chi connectivity index (χ4v) is 1.88. The lowest BCUT2D eigenvalue weighted by Gasteiger charge is -2.07. The molecule has 0 N–H and O–H groups in total. The Bertz CT molecular complexity index is 474. The number of nitrogens with zero attached hydrogens (tertiary/aromatic N) is 2. The Morgan fingerprint density at radius 3 is 2.62 bits per heavy atom. The second-order valence-electron chi connectivity index (χ2n) is 3.26. The fraction of sp³-hybridized carbons (Fsp3) is 0.167. The summed E-state index contributed by atoms with van der Waals surface area (Å²) in [5.41, 5.74) is 3.21. The number of alkyl halides is 1. The molecule has 2 aromatic heterocycles. The maximum atomic E-state index is 5.17. The number of halogens is 1. The monoisotopic (exact) mass is 278 g/mol. The van der Waals surface area contributed by atoms with Crippen molar-refractivity contribution in [2.24, 2.45) is 0 Å². The van der Waals surface area contributed by atoms with Crippen LogP contribution in [0.15, 0.2) is 36.8 Å². The lowest BCUT2D eigenvalue weighted by molar-refractivity contribution is 0.394. The van der Waals surface area contributed by atoms with Crippen molar-refractivity contribution in [1.29, 1.82) is 0 Å². The molecule has 0 radical (unpaired) electrons. The lowest BCUT2D eigenvalue weighted by Crippen LogP contribution is -1.93. The van der Waals surface area contributed by atoms with E-state index in [1.165, 1.54) is 0 Å². The summed E-state index contributed by atoms with van der Waals surface area (Å²) in [6, 6.07) is 5.99. The Labute approximate surface area is 103 Å². The van der Waals surface area contributed by atoms with E-state index in [0.29, 0.717) is 5.88 Å². The third kappa shape index (κ3) is 2.22. The first-order chi connectivity index (χ1) is 7.85. The number of hydrogen-bond acceptors (Lipinski definition) is 3. The van der Waals surface area contributed by atoms with Crippen LogP contribution in [0, 0.1) is 0 Å². The molecular formula is C12H11BrN2O. The van der Waals surface area contributed by atoms with E-state index in [1.807, 2.05) is 12.1 Å². The van der Waals surface area contributed by atoms with Gasteiger partial charge in [0.1, 0.15) is 0 Å². The lowest BCUT2D eigenvalue weighted by atomic mass is 10.1. The van der Waals surface area contributed by atoms with E-state index in [-0.39, 0.29) is 0 Å². The molecule has 2 aromatic rings. The van der Waals surface area contributed by atoms with Crippen LogP contribution in [0.4, 0.5) is 0 Å². The molecule has 0 aliphatic heterocycles. The van der Waals surface area contributed by atoms with Crippen molar-refractivity contribution in [2.75, 3.05) is 7.11 Å². The number of methoxy groups -OCH3 is 1. The second-order valence-corrected chi connectivity index (χ2v) is 3.82. The highest BCUT2D eigenvalue weighted by atomic mass is 79.9. The van der Waals surface area contributed by atoms with Gasteiger partial charge in [0.25, 0.3) is 0 Å². The van der Waals surface area contributed by atoms with E-state index >= 15 is 0 Å². The zero-order valence-corrected chi connectivity index (χ0v) is 10.4. The molecule has 0 atom stereocenters. The van der Waals surface area contributed by atoms with Gasteiger partial charge in [0, 0.05) is 35.0 Å². The number of rotatable bonds is 3. The minimum atomic E-state index is 0.662. The van der Waals surface area contributed by atoms with Crippen LogP contribution in [0.2, 0.25) is 0 Å². The molecule has 0 aliphatic rings. The van der Waals surface area contributed by atoms with E-state index in [2.05, 4.69) is 32.0 Å². The van der Waals surface area contributed by atoms with Crippen LogP contribution in [0.5, 0.6) is 5.88 Å². The van der Waals surface area contributed by atoms with Crippen molar-refractivity contribution in [3.8, 4) is 17.0 Å². The van der Waals surface area contributed by atoms with Gasteiger partial charge in [-0.3, -0.25) is 4.98 Å². The molecule has 0 amide bonds. The molecule has 0 saturated carbocycles. The molecule has 0 unspecified atom stereocenters. The standard InChI is InChI=1S/C12H11BrN2O/c1-16-12-10(7-13)6-11(8-15-12)9-2-4-14-5-3-9/h2-6,8H,7H2,1H3. The first-order valence-electron chi connectivity index (χ1n) is 4.84. The van der Waals surface area contributed by atoms with Gasteiger partial charge < -0.3 is 4.74 Å². The molecule has 16 heavy (non-hydrogen) atoms.